The van der Waals surface area contributed by atoms with Gasteiger partial charge in [0.05, 0.1) is 9.89 Å². The van der Waals surface area contributed by atoms with Gasteiger partial charge in [0, 0.05) is 6.20 Å². The normalized spacial score (nSPS) is 14.8. The number of rotatable bonds is 0. The largest absolute Gasteiger partial charge is 0.443 e. The van der Waals surface area contributed by atoms with E-state index in [1.807, 2.05) is 32.2 Å². The first kappa shape index (κ1) is 11.1. The Labute approximate surface area is 97.9 Å². The molecule has 0 aromatic carbocycles. The Morgan fingerprint density at radius 3 is 3.00 bits per heavy atom. The maximum absolute atomic E-state index is 11.8. The average molecular weight is 238 g/mol. The second-order valence-electron chi connectivity index (χ2n) is 4.55. The van der Waals surface area contributed by atoms with Crippen molar-refractivity contribution in [3.63, 3.8) is 0 Å². The lowest BCUT2D eigenvalue weighted by molar-refractivity contribution is 0.0363. The standard InChI is InChI=1S/C11H14N2O2S/c1-11(2,3)15-10(14)13-6-9-8(12-7-13)4-5-16-9/h4-6H,7H2,1-3H3. The van der Waals surface area contributed by atoms with Crippen molar-refractivity contribution in [2.45, 2.75) is 26.4 Å². The van der Waals surface area contributed by atoms with Gasteiger partial charge >= 0.3 is 6.09 Å². The number of ether oxygens (including phenoxy) is 1. The van der Waals surface area contributed by atoms with Crippen LogP contribution in [0.1, 0.15) is 20.8 Å². The minimum atomic E-state index is -0.472. The van der Waals surface area contributed by atoms with Crippen LogP contribution < -0.4 is 9.89 Å². The second kappa shape index (κ2) is 3.90. The Bertz CT molecular complexity index is 513. The van der Waals surface area contributed by atoms with Crippen molar-refractivity contribution in [3.8, 4) is 0 Å². The molecular weight excluding hydrogens is 224 g/mol. The van der Waals surface area contributed by atoms with E-state index in [4.69, 9.17) is 4.74 Å². The highest BCUT2D eigenvalue weighted by molar-refractivity contribution is 7.07. The summed E-state index contributed by atoms with van der Waals surface area (Å²) in [7, 11) is 0. The zero-order chi connectivity index (χ0) is 11.8. The van der Waals surface area contributed by atoms with Gasteiger partial charge < -0.3 is 4.74 Å². The molecule has 16 heavy (non-hydrogen) atoms. The first-order valence-corrected chi connectivity index (χ1v) is 5.93. The SMILES string of the molecule is CC(C)(C)OC(=O)N1C=c2sccc2=NC1. The van der Waals surface area contributed by atoms with Crippen LogP contribution in [0.3, 0.4) is 0 Å². The lowest BCUT2D eigenvalue weighted by Crippen LogP contribution is -2.39. The van der Waals surface area contributed by atoms with Gasteiger partial charge in [-0.15, -0.1) is 11.3 Å². The van der Waals surface area contributed by atoms with Crippen molar-refractivity contribution >= 4 is 23.6 Å². The summed E-state index contributed by atoms with van der Waals surface area (Å²) >= 11 is 1.57. The molecule has 0 N–H and O–H groups in total. The first-order valence-electron chi connectivity index (χ1n) is 5.05. The number of hydrogen-bond donors (Lipinski definition) is 0. The molecule has 0 bridgehead atoms. The lowest BCUT2D eigenvalue weighted by Gasteiger charge is -2.24. The van der Waals surface area contributed by atoms with Gasteiger partial charge in [0.25, 0.3) is 0 Å². The summed E-state index contributed by atoms with van der Waals surface area (Å²) in [6.45, 7) is 5.88. The smallest absolute Gasteiger partial charge is 0.415 e. The van der Waals surface area contributed by atoms with Crippen molar-refractivity contribution in [2.24, 2.45) is 4.99 Å². The molecule has 86 valence electrons. The third kappa shape index (κ3) is 2.41. The fourth-order valence-corrected chi connectivity index (χ4v) is 2.09. The molecule has 1 aromatic rings. The Kier molecular flexibility index (Phi) is 2.71. The molecule has 0 saturated heterocycles. The summed E-state index contributed by atoms with van der Waals surface area (Å²) in [4.78, 5) is 17.5. The van der Waals surface area contributed by atoms with Gasteiger partial charge in [-0.05, 0) is 32.2 Å². The van der Waals surface area contributed by atoms with Crippen LogP contribution in [0.15, 0.2) is 16.4 Å². The summed E-state index contributed by atoms with van der Waals surface area (Å²) < 4.78 is 6.27. The monoisotopic (exact) mass is 238 g/mol. The van der Waals surface area contributed by atoms with Crippen molar-refractivity contribution in [1.29, 1.82) is 0 Å². The predicted octanol–water partition coefficient (Wildman–Crippen LogP) is 1.31. The van der Waals surface area contributed by atoms with E-state index in [-0.39, 0.29) is 6.09 Å². The van der Waals surface area contributed by atoms with Crippen LogP contribution in [0.2, 0.25) is 0 Å². The van der Waals surface area contributed by atoms with E-state index in [0.29, 0.717) is 6.67 Å². The van der Waals surface area contributed by atoms with E-state index in [2.05, 4.69) is 4.99 Å². The minimum absolute atomic E-state index is 0.332. The third-order valence-electron chi connectivity index (χ3n) is 1.97. The highest BCUT2D eigenvalue weighted by atomic mass is 32.1. The molecule has 0 atom stereocenters. The molecule has 2 heterocycles. The Balaban J connectivity index is 2.18. The number of amides is 1. The first-order chi connectivity index (χ1) is 7.46. The molecule has 1 amide bonds. The van der Waals surface area contributed by atoms with Crippen LogP contribution in [0.5, 0.6) is 0 Å². The molecule has 1 aromatic heterocycles. The molecule has 1 aliphatic rings. The number of carbonyl (C=O) groups is 1. The zero-order valence-electron chi connectivity index (χ0n) is 9.56. The van der Waals surface area contributed by atoms with Gasteiger partial charge in [-0.1, -0.05) is 0 Å². The topological polar surface area (TPSA) is 41.9 Å². The quantitative estimate of drug-likeness (QED) is 0.684. The van der Waals surface area contributed by atoms with Crippen LogP contribution >= 0.6 is 11.3 Å². The lowest BCUT2D eigenvalue weighted by atomic mass is 10.2. The van der Waals surface area contributed by atoms with Crippen LogP contribution in [-0.4, -0.2) is 23.3 Å². The zero-order valence-corrected chi connectivity index (χ0v) is 10.4. The third-order valence-corrected chi connectivity index (χ3v) is 2.81. The molecule has 0 spiro atoms. The number of carbonyl (C=O) groups excluding carboxylic acids is 1. The van der Waals surface area contributed by atoms with E-state index >= 15 is 0 Å². The molecule has 0 radical (unpaired) electrons. The molecule has 0 fully saturated rings. The molecular formula is C11H14N2O2S. The van der Waals surface area contributed by atoms with E-state index in [0.717, 1.165) is 9.89 Å². The molecule has 5 heteroatoms. The van der Waals surface area contributed by atoms with E-state index in [1.165, 1.54) is 4.90 Å². The summed E-state index contributed by atoms with van der Waals surface area (Å²) in [5, 5.41) is 2.91. The fourth-order valence-electron chi connectivity index (χ4n) is 1.31. The van der Waals surface area contributed by atoms with Crippen LogP contribution in [0.4, 0.5) is 4.79 Å². The number of thiophene rings is 1. The highest BCUT2D eigenvalue weighted by Crippen LogP contribution is 2.10. The summed E-state index contributed by atoms with van der Waals surface area (Å²) in [6, 6.07) is 1.95. The Hall–Kier alpha value is -1.36. The number of fused-ring (bicyclic) bond motifs is 1. The maximum atomic E-state index is 11.8. The summed E-state index contributed by atoms with van der Waals surface area (Å²) in [5.74, 6) is 0. The number of nitrogens with zero attached hydrogens (tertiary/aromatic N) is 2. The van der Waals surface area contributed by atoms with Gasteiger partial charge in [0.1, 0.15) is 12.3 Å². The molecule has 0 saturated carbocycles. The summed E-state index contributed by atoms with van der Waals surface area (Å²) in [6.07, 6.45) is 1.44. The van der Waals surface area contributed by atoms with Gasteiger partial charge in [-0.25, -0.2) is 4.79 Å². The second-order valence-corrected chi connectivity index (χ2v) is 5.50. The predicted molar refractivity (Wildman–Crippen MR) is 62.5 cm³/mol. The van der Waals surface area contributed by atoms with Crippen molar-refractivity contribution in [2.75, 3.05) is 6.67 Å². The van der Waals surface area contributed by atoms with E-state index in [9.17, 15) is 4.79 Å². The highest BCUT2D eigenvalue weighted by Gasteiger charge is 2.21. The van der Waals surface area contributed by atoms with Crippen molar-refractivity contribution in [1.82, 2.24) is 4.90 Å². The molecule has 0 unspecified atom stereocenters. The average Bonchev–Trinajstić information content (AvgIpc) is 2.61. The maximum Gasteiger partial charge on any atom is 0.415 e. The van der Waals surface area contributed by atoms with Crippen LogP contribution in [0.25, 0.3) is 6.20 Å². The van der Waals surface area contributed by atoms with Gasteiger partial charge in [-0.3, -0.25) is 9.89 Å². The van der Waals surface area contributed by atoms with Crippen LogP contribution in [0, 0.1) is 0 Å². The van der Waals surface area contributed by atoms with Crippen LogP contribution in [-0.2, 0) is 4.74 Å². The van der Waals surface area contributed by atoms with Gasteiger partial charge in [-0.2, -0.15) is 0 Å². The molecule has 2 rings (SSSR count). The minimum Gasteiger partial charge on any atom is -0.443 e. The van der Waals surface area contributed by atoms with Gasteiger partial charge in [0.15, 0.2) is 0 Å². The van der Waals surface area contributed by atoms with E-state index < -0.39 is 5.60 Å². The van der Waals surface area contributed by atoms with Gasteiger partial charge in [0.2, 0.25) is 0 Å². The van der Waals surface area contributed by atoms with Crippen molar-refractivity contribution in [3.05, 3.63) is 21.3 Å². The van der Waals surface area contributed by atoms with E-state index in [1.54, 1.807) is 17.5 Å². The summed E-state index contributed by atoms with van der Waals surface area (Å²) in [5.41, 5.74) is -0.472. The fraction of sp³-hybridized carbons (Fsp3) is 0.455. The molecule has 1 aliphatic heterocycles. The number of hydrogen-bond acceptors (Lipinski definition) is 4. The Morgan fingerprint density at radius 2 is 2.31 bits per heavy atom. The molecule has 4 nitrogen and oxygen atoms in total. The molecule has 0 aliphatic carbocycles. The van der Waals surface area contributed by atoms with Crippen molar-refractivity contribution < 1.29 is 9.53 Å². The Morgan fingerprint density at radius 1 is 1.56 bits per heavy atom.